The van der Waals surface area contributed by atoms with Crippen molar-refractivity contribution >= 4 is 23.7 Å². The van der Waals surface area contributed by atoms with Crippen LogP contribution in [0.2, 0.25) is 0 Å². The average molecular weight is 361 g/mol. The third-order valence-electron chi connectivity index (χ3n) is 3.61. The number of hydrogen-bond acceptors (Lipinski definition) is 6. The summed E-state index contributed by atoms with van der Waals surface area (Å²) in [7, 11) is 1.64. The number of rotatable bonds is 5. The lowest BCUT2D eigenvalue weighted by Crippen LogP contribution is -2.45. The normalized spacial score (nSPS) is 17.3. The molecule has 1 saturated heterocycles. The Balaban J connectivity index is 1.90. The summed E-state index contributed by atoms with van der Waals surface area (Å²) in [5, 5.41) is 18.6. The van der Waals surface area contributed by atoms with Crippen LogP contribution in [0.4, 0.5) is 4.39 Å². The number of nitrogens with zero attached hydrogens (tertiary/aromatic N) is 4. The Morgan fingerprint density at radius 3 is 2.69 bits per heavy atom. The number of nitrogens with one attached hydrogen (secondary N) is 1. The van der Waals surface area contributed by atoms with Crippen LogP contribution >= 0.6 is 0 Å². The Kier molecular flexibility index (Phi) is 6.42. The lowest BCUT2D eigenvalue weighted by molar-refractivity contribution is -0.130. The molecular weight excluding hydrogens is 341 g/mol. The van der Waals surface area contributed by atoms with Crippen LogP contribution in [0.5, 0.6) is 0 Å². The second kappa shape index (κ2) is 8.75. The maximum absolute atomic E-state index is 12.8. The Morgan fingerprint density at radius 2 is 2.04 bits per heavy atom. The molecule has 138 valence electrons. The van der Waals surface area contributed by atoms with Gasteiger partial charge in [0.2, 0.25) is 5.91 Å². The van der Waals surface area contributed by atoms with E-state index in [9.17, 15) is 19.1 Å². The van der Waals surface area contributed by atoms with Crippen molar-refractivity contribution in [3.8, 4) is 0 Å². The standard InChI is InChI=1S/C17H20FN5O3/c1-12(21-23-8-7-22(2)17(26)15(23)11-24)10-19-20-16(25)9-13-3-5-14(18)6-4-13/h3-6,10-11,24H,7-9H2,1-2H3,(H,20,25)/b15-11+,19-10+,21-12+. The van der Waals surface area contributed by atoms with Crippen molar-refractivity contribution in [3.05, 3.63) is 47.6 Å². The summed E-state index contributed by atoms with van der Waals surface area (Å²) < 4.78 is 12.8. The Morgan fingerprint density at radius 1 is 1.35 bits per heavy atom. The van der Waals surface area contributed by atoms with E-state index < -0.39 is 0 Å². The van der Waals surface area contributed by atoms with Gasteiger partial charge in [0.25, 0.3) is 5.91 Å². The highest BCUT2D eigenvalue weighted by Gasteiger charge is 2.26. The number of hydrogen-bond donors (Lipinski definition) is 2. The number of carbonyl (C=O) groups is 2. The Bertz CT molecular complexity index is 758. The third-order valence-corrected chi connectivity index (χ3v) is 3.61. The van der Waals surface area contributed by atoms with Crippen LogP contribution in [0, 0.1) is 5.82 Å². The van der Waals surface area contributed by atoms with Crippen molar-refractivity contribution in [1.82, 2.24) is 15.3 Å². The van der Waals surface area contributed by atoms with E-state index >= 15 is 0 Å². The van der Waals surface area contributed by atoms with E-state index in [4.69, 9.17) is 0 Å². The zero-order chi connectivity index (χ0) is 19.1. The second-order valence-electron chi connectivity index (χ2n) is 5.70. The maximum Gasteiger partial charge on any atom is 0.275 e. The number of aliphatic hydroxyl groups excluding tert-OH is 1. The van der Waals surface area contributed by atoms with E-state index in [0.717, 1.165) is 6.26 Å². The molecule has 1 heterocycles. The third kappa shape index (κ3) is 5.13. The number of benzene rings is 1. The van der Waals surface area contributed by atoms with Gasteiger partial charge in [-0.2, -0.15) is 10.2 Å². The molecule has 1 aliphatic heterocycles. The number of halogens is 1. The van der Waals surface area contributed by atoms with Crippen LogP contribution in [0.15, 0.2) is 46.4 Å². The van der Waals surface area contributed by atoms with Gasteiger partial charge in [-0.15, -0.1) is 0 Å². The quantitative estimate of drug-likeness (QED) is 0.354. The zero-order valence-electron chi connectivity index (χ0n) is 14.5. The van der Waals surface area contributed by atoms with Gasteiger partial charge in [0.1, 0.15) is 12.1 Å². The molecule has 0 atom stereocenters. The van der Waals surface area contributed by atoms with Gasteiger partial charge in [-0.05, 0) is 24.6 Å². The summed E-state index contributed by atoms with van der Waals surface area (Å²) in [6.07, 6.45) is 2.12. The van der Waals surface area contributed by atoms with Gasteiger partial charge in [-0.3, -0.25) is 14.6 Å². The van der Waals surface area contributed by atoms with Crippen molar-refractivity contribution in [2.45, 2.75) is 13.3 Å². The van der Waals surface area contributed by atoms with Crippen molar-refractivity contribution in [2.24, 2.45) is 10.2 Å². The molecule has 8 nitrogen and oxygen atoms in total. The number of carbonyl (C=O) groups excluding carboxylic acids is 2. The fourth-order valence-electron chi connectivity index (χ4n) is 2.24. The average Bonchev–Trinajstić information content (AvgIpc) is 2.60. The molecule has 0 aliphatic carbocycles. The lowest BCUT2D eigenvalue weighted by Gasteiger charge is -2.31. The van der Waals surface area contributed by atoms with Crippen LogP contribution in [-0.4, -0.2) is 58.9 Å². The molecule has 1 aliphatic rings. The minimum Gasteiger partial charge on any atom is -0.513 e. The molecule has 1 aromatic rings. The van der Waals surface area contributed by atoms with Gasteiger partial charge in [0, 0.05) is 13.6 Å². The predicted molar refractivity (Wildman–Crippen MR) is 94.9 cm³/mol. The summed E-state index contributed by atoms with van der Waals surface area (Å²) in [5.41, 5.74) is 3.51. The molecule has 0 spiro atoms. The molecule has 1 aromatic carbocycles. The van der Waals surface area contributed by atoms with Crippen molar-refractivity contribution < 1.29 is 19.1 Å². The Hall–Kier alpha value is -3.23. The van der Waals surface area contributed by atoms with Gasteiger partial charge in [-0.1, -0.05) is 12.1 Å². The smallest absolute Gasteiger partial charge is 0.275 e. The molecule has 1 fully saturated rings. The van der Waals surface area contributed by atoms with Crippen LogP contribution in [0.3, 0.4) is 0 Å². The van der Waals surface area contributed by atoms with Gasteiger partial charge in [0.05, 0.1) is 24.9 Å². The van der Waals surface area contributed by atoms with E-state index in [0.29, 0.717) is 24.4 Å². The molecular formula is C17H20FN5O3. The van der Waals surface area contributed by atoms with E-state index in [1.54, 1.807) is 14.0 Å². The Labute approximate surface area is 150 Å². The first kappa shape index (κ1) is 19.1. The number of piperazine rings is 1. The van der Waals surface area contributed by atoms with Crippen LogP contribution in [0.25, 0.3) is 0 Å². The SMILES string of the molecule is CC(/C=N/NC(=O)Cc1ccc(F)cc1)=N\N1CCN(C)C(=O)/C1=C\O. The summed E-state index contributed by atoms with van der Waals surface area (Å²) in [4.78, 5) is 25.2. The zero-order valence-corrected chi connectivity index (χ0v) is 14.5. The summed E-state index contributed by atoms with van der Waals surface area (Å²) in [6, 6.07) is 5.62. The number of likely N-dealkylation sites (N-methyl/N-ethyl adjacent to an activating group) is 1. The maximum atomic E-state index is 12.8. The van der Waals surface area contributed by atoms with Gasteiger partial charge >= 0.3 is 0 Å². The number of amides is 2. The summed E-state index contributed by atoms with van der Waals surface area (Å²) in [5.74, 6) is -1.05. The first-order chi connectivity index (χ1) is 12.4. The van der Waals surface area contributed by atoms with Crippen LogP contribution in [0.1, 0.15) is 12.5 Å². The molecule has 0 saturated carbocycles. The molecule has 26 heavy (non-hydrogen) atoms. The monoisotopic (exact) mass is 361 g/mol. The van der Waals surface area contributed by atoms with E-state index in [-0.39, 0.29) is 29.7 Å². The molecule has 0 radical (unpaired) electrons. The van der Waals surface area contributed by atoms with Gasteiger partial charge in [-0.25, -0.2) is 9.82 Å². The van der Waals surface area contributed by atoms with E-state index in [1.807, 2.05) is 0 Å². The topological polar surface area (TPSA) is 97.6 Å². The summed E-state index contributed by atoms with van der Waals surface area (Å²) >= 11 is 0. The summed E-state index contributed by atoms with van der Waals surface area (Å²) in [6.45, 7) is 2.54. The number of aliphatic hydroxyl groups is 1. The molecule has 0 aromatic heterocycles. The molecule has 0 unspecified atom stereocenters. The predicted octanol–water partition coefficient (Wildman–Crippen LogP) is 1.02. The number of hydrazone groups is 2. The highest BCUT2D eigenvalue weighted by Crippen LogP contribution is 2.13. The van der Waals surface area contributed by atoms with Crippen molar-refractivity contribution in [2.75, 3.05) is 20.1 Å². The highest BCUT2D eigenvalue weighted by molar-refractivity contribution is 6.29. The van der Waals surface area contributed by atoms with Crippen LogP contribution < -0.4 is 5.43 Å². The molecule has 9 heteroatoms. The first-order valence-electron chi connectivity index (χ1n) is 7.89. The van der Waals surface area contributed by atoms with Crippen molar-refractivity contribution in [3.63, 3.8) is 0 Å². The van der Waals surface area contributed by atoms with Gasteiger partial charge in [0.15, 0.2) is 5.70 Å². The first-order valence-corrected chi connectivity index (χ1v) is 7.89. The van der Waals surface area contributed by atoms with Crippen LogP contribution in [-0.2, 0) is 16.0 Å². The lowest BCUT2D eigenvalue weighted by atomic mass is 10.1. The second-order valence-corrected chi connectivity index (χ2v) is 5.70. The van der Waals surface area contributed by atoms with E-state index in [1.165, 1.54) is 40.4 Å². The molecule has 0 bridgehead atoms. The fraction of sp³-hybridized carbons (Fsp3) is 0.294. The molecule has 2 N–H and O–H groups in total. The van der Waals surface area contributed by atoms with Gasteiger partial charge < -0.3 is 10.0 Å². The minimum atomic E-state index is -0.363. The minimum absolute atomic E-state index is 0.0619. The molecule has 2 amide bonds. The molecule has 2 rings (SSSR count). The highest BCUT2D eigenvalue weighted by atomic mass is 19.1. The largest absolute Gasteiger partial charge is 0.513 e. The fourth-order valence-corrected chi connectivity index (χ4v) is 2.24. The van der Waals surface area contributed by atoms with Crippen molar-refractivity contribution in [1.29, 1.82) is 0 Å². The van der Waals surface area contributed by atoms with E-state index in [2.05, 4.69) is 15.6 Å².